The number of morpholine rings is 2. The minimum Gasteiger partial charge on any atom is -0.379 e. The lowest BCUT2D eigenvalue weighted by molar-refractivity contribution is 0.0339. The average Bonchev–Trinajstić information content (AvgIpc) is 2.85. The van der Waals surface area contributed by atoms with E-state index < -0.39 is 0 Å². The normalized spacial score (nSPS) is 18.8. The van der Waals surface area contributed by atoms with Gasteiger partial charge in [-0.05, 0) is 16.7 Å². The highest BCUT2D eigenvalue weighted by Crippen LogP contribution is 2.15. The second-order valence-corrected chi connectivity index (χ2v) is 8.41. The number of amides is 2. The van der Waals surface area contributed by atoms with Crippen LogP contribution in [0.5, 0.6) is 0 Å². The minimum atomic E-state index is -0.149. The summed E-state index contributed by atoms with van der Waals surface area (Å²) < 4.78 is 10.9. The third-order valence-electron chi connectivity index (χ3n) is 6.04. The summed E-state index contributed by atoms with van der Waals surface area (Å²) in [5, 5.41) is 6.18. The van der Waals surface area contributed by atoms with Crippen LogP contribution in [0.25, 0.3) is 0 Å². The molecule has 2 aromatic rings. The largest absolute Gasteiger partial charge is 0.379 e. The predicted octanol–water partition coefficient (Wildman–Crippen LogP) is 2.39. The molecular weight excluding hydrogens is 404 g/mol. The summed E-state index contributed by atoms with van der Waals surface area (Å²) in [4.78, 5) is 17.4. The first-order valence-corrected chi connectivity index (χ1v) is 11.5. The molecule has 0 saturated carbocycles. The third-order valence-corrected chi connectivity index (χ3v) is 6.04. The van der Waals surface area contributed by atoms with Crippen molar-refractivity contribution in [2.24, 2.45) is 0 Å². The van der Waals surface area contributed by atoms with Gasteiger partial charge in [-0.15, -0.1) is 0 Å². The zero-order chi connectivity index (χ0) is 22.0. The molecule has 2 amide bonds. The molecule has 7 heteroatoms. The lowest BCUT2D eigenvalue weighted by Crippen LogP contribution is -2.45. The molecule has 4 rings (SSSR count). The Morgan fingerprint density at radius 1 is 0.812 bits per heavy atom. The van der Waals surface area contributed by atoms with Crippen LogP contribution in [0.3, 0.4) is 0 Å². The molecule has 0 bridgehead atoms. The molecule has 7 nitrogen and oxygen atoms in total. The topological polar surface area (TPSA) is 66.1 Å². The Balaban J connectivity index is 1.27. The van der Waals surface area contributed by atoms with Crippen molar-refractivity contribution in [3.05, 3.63) is 71.3 Å². The van der Waals surface area contributed by atoms with Crippen molar-refractivity contribution < 1.29 is 14.3 Å². The van der Waals surface area contributed by atoms with E-state index >= 15 is 0 Å². The van der Waals surface area contributed by atoms with Gasteiger partial charge in [-0.2, -0.15) is 0 Å². The van der Waals surface area contributed by atoms with Gasteiger partial charge in [0.15, 0.2) is 0 Å². The van der Waals surface area contributed by atoms with E-state index in [4.69, 9.17) is 9.47 Å². The van der Waals surface area contributed by atoms with Gasteiger partial charge >= 0.3 is 6.03 Å². The number of carbonyl (C=O) groups is 1. The first kappa shape index (κ1) is 22.7. The third kappa shape index (κ3) is 7.03. The van der Waals surface area contributed by atoms with Gasteiger partial charge < -0.3 is 20.1 Å². The number of nitrogens with one attached hydrogen (secondary N) is 2. The van der Waals surface area contributed by atoms with E-state index in [0.29, 0.717) is 6.54 Å². The van der Waals surface area contributed by atoms with Crippen molar-refractivity contribution in [2.75, 3.05) is 59.2 Å². The molecule has 2 heterocycles. The van der Waals surface area contributed by atoms with E-state index in [1.54, 1.807) is 0 Å². The van der Waals surface area contributed by atoms with Crippen LogP contribution < -0.4 is 10.6 Å². The Labute approximate surface area is 190 Å². The van der Waals surface area contributed by atoms with Gasteiger partial charge in [0.05, 0.1) is 32.5 Å². The number of ether oxygens (including phenoxy) is 2. The summed E-state index contributed by atoms with van der Waals surface area (Å²) in [6, 6.07) is 18.4. The van der Waals surface area contributed by atoms with Crippen LogP contribution in [-0.4, -0.2) is 75.0 Å². The molecule has 1 atom stereocenters. The van der Waals surface area contributed by atoms with E-state index in [2.05, 4.69) is 56.8 Å². The van der Waals surface area contributed by atoms with Crippen molar-refractivity contribution in [1.29, 1.82) is 0 Å². The van der Waals surface area contributed by atoms with E-state index in [0.717, 1.165) is 76.8 Å². The van der Waals surface area contributed by atoms with E-state index in [1.165, 1.54) is 5.56 Å². The summed E-state index contributed by atoms with van der Waals surface area (Å²) in [6.45, 7) is 9.08. The van der Waals surface area contributed by atoms with Crippen LogP contribution >= 0.6 is 0 Å². The standard InChI is InChI=1S/C25H34N4O3/c30-25(26-18-21-6-8-22(9-7-21)19-28-10-14-31-15-11-28)27-24(23-4-2-1-3-5-23)20-29-12-16-32-17-13-29/h1-9,24H,10-20H2,(H2,26,27,30). The van der Waals surface area contributed by atoms with E-state index in [1.807, 2.05) is 18.2 Å². The Hall–Kier alpha value is -2.45. The zero-order valence-electron chi connectivity index (χ0n) is 18.7. The van der Waals surface area contributed by atoms with Crippen molar-refractivity contribution in [1.82, 2.24) is 20.4 Å². The molecule has 2 aromatic carbocycles. The molecule has 0 aromatic heterocycles. The second kappa shape index (κ2) is 12.0. The molecule has 0 aliphatic carbocycles. The smallest absolute Gasteiger partial charge is 0.315 e. The van der Waals surface area contributed by atoms with Gasteiger partial charge in [-0.1, -0.05) is 54.6 Å². The maximum Gasteiger partial charge on any atom is 0.315 e. The van der Waals surface area contributed by atoms with Crippen LogP contribution in [0.1, 0.15) is 22.7 Å². The van der Waals surface area contributed by atoms with Crippen LogP contribution in [0, 0.1) is 0 Å². The van der Waals surface area contributed by atoms with Crippen LogP contribution in [0.2, 0.25) is 0 Å². The number of benzene rings is 2. The molecule has 0 radical (unpaired) electrons. The van der Waals surface area contributed by atoms with Crippen LogP contribution in [0.15, 0.2) is 54.6 Å². The Morgan fingerprint density at radius 2 is 1.41 bits per heavy atom. The van der Waals surface area contributed by atoms with Crippen LogP contribution in [0.4, 0.5) is 4.79 Å². The lowest BCUT2D eigenvalue weighted by atomic mass is 10.1. The van der Waals surface area contributed by atoms with Gasteiger partial charge in [-0.25, -0.2) is 4.79 Å². The highest BCUT2D eigenvalue weighted by Gasteiger charge is 2.20. The quantitative estimate of drug-likeness (QED) is 0.663. The minimum absolute atomic E-state index is 0.0646. The molecule has 172 valence electrons. The number of hydrogen-bond acceptors (Lipinski definition) is 5. The van der Waals surface area contributed by atoms with Gasteiger partial charge in [-0.3, -0.25) is 9.80 Å². The van der Waals surface area contributed by atoms with Crippen molar-refractivity contribution in [3.63, 3.8) is 0 Å². The number of urea groups is 1. The summed E-state index contributed by atoms with van der Waals surface area (Å²) >= 11 is 0. The molecular formula is C25H34N4O3. The van der Waals surface area contributed by atoms with Crippen LogP contribution in [-0.2, 0) is 22.6 Å². The number of carbonyl (C=O) groups excluding carboxylic acids is 1. The summed E-state index contributed by atoms with van der Waals surface area (Å²) in [7, 11) is 0. The molecule has 2 aliphatic rings. The van der Waals surface area contributed by atoms with Crippen molar-refractivity contribution >= 4 is 6.03 Å². The number of rotatable bonds is 8. The summed E-state index contributed by atoms with van der Waals surface area (Å²) in [5.74, 6) is 0. The monoisotopic (exact) mass is 438 g/mol. The number of hydrogen-bond donors (Lipinski definition) is 2. The van der Waals surface area contributed by atoms with Gasteiger partial charge in [0, 0.05) is 45.8 Å². The number of nitrogens with zero attached hydrogens (tertiary/aromatic N) is 2. The highest BCUT2D eigenvalue weighted by molar-refractivity contribution is 5.74. The fourth-order valence-corrected chi connectivity index (χ4v) is 4.13. The zero-order valence-corrected chi connectivity index (χ0v) is 18.7. The average molecular weight is 439 g/mol. The molecule has 2 N–H and O–H groups in total. The Morgan fingerprint density at radius 3 is 2.06 bits per heavy atom. The molecule has 2 saturated heterocycles. The molecule has 1 unspecified atom stereocenters. The van der Waals surface area contributed by atoms with Gasteiger partial charge in [0.2, 0.25) is 0 Å². The van der Waals surface area contributed by atoms with Gasteiger partial charge in [0.25, 0.3) is 0 Å². The molecule has 2 fully saturated rings. The SMILES string of the molecule is O=C(NCc1ccc(CN2CCOCC2)cc1)NC(CN1CCOCC1)c1ccccc1. The second-order valence-electron chi connectivity index (χ2n) is 8.41. The van der Waals surface area contributed by atoms with Gasteiger partial charge in [0.1, 0.15) is 0 Å². The predicted molar refractivity (Wildman–Crippen MR) is 124 cm³/mol. The fourth-order valence-electron chi connectivity index (χ4n) is 4.13. The first-order chi connectivity index (χ1) is 15.8. The maximum absolute atomic E-state index is 12.7. The van der Waals surface area contributed by atoms with Crippen molar-refractivity contribution in [3.8, 4) is 0 Å². The first-order valence-electron chi connectivity index (χ1n) is 11.5. The van der Waals surface area contributed by atoms with E-state index in [9.17, 15) is 4.79 Å². The van der Waals surface area contributed by atoms with Crippen molar-refractivity contribution in [2.45, 2.75) is 19.1 Å². The summed E-state index contributed by atoms with van der Waals surface area (Å²) in [5.41, 5.74) is 3.49. The Bertz CT molecular complexity index is 819. The summed E-state index contributed by atoms with van der Waals surface area (Å²) in [6.07, 6.45) is 0. The Kier molecular flexibility index (Phi) is 8.50. The fraction of sp³-hybridized carbons (Fsp3) is 0.480. The lowest BCUT2D eigenvalue weighted by Gasteiger charge is -2.31. The maximum atomic E-state index is 12.7. The highest BCUT2D eigenvalue weighted by atomic mass is 16.5. The molecule has 2 aliphatic heterocycles. The van der Waals surface area contributed by atoms with E-state index in [-0.39, 0.29) is 12.1 Å². The molecule has 0 spiro atoms. The molecule has 32 heavy (non-hydrogen) atoms.